The molecule has 74 heavy (non-hydrogen) atoms. The number of hydrogen-bond donors (Lipinski definition) is 0. The van der Waals surface area contributed by atoms with Gasteiger partial charge in [0.1, 0.15) is 13.2 Å². The Hall–Kier alpha value is -4.71. The van der Waals surface area contributed by atoms with Gasteiger partial charge in [-0.15, -0.1) is 0 Å². The summed E-state index contributed by atoms with van der Waals surface area (Å²) in [5.74, 6) is -0.951. The first-order valence-electron chi connectivity index (χ1n) is 29.8. The van der Waals surface area contributed by atoms with Crippen LogP contribution in [0.2, 0.25) is 0 Å². The van der Waals surface area contributed by atoms with Crippen molar-refractivity contribution in [3.05, 3.63) is 146 Å². The highest BCUT2D eigenvalue weighted by Gasteiger charge is 2.19. The zero-order chi connectivity index (χ0) is 53.6. The van der Waals surface area contributed by atoms with Gasteiger partial charge in [-0.05, 0) is 135 Å². The predicted octanol–water partition coefficient (Wildman–Crippen LogP) is 20.4. The van der Waals surface area contributed by atoms with Gasteiger partial charge in [-0.1, -0.05) is 237 Å². The molecule has 0 fully saturated rings. The summed E-state index contributed by atoms with van der Waals surface area (Å²) in [6.45, 7) is 6.35. The third kappa shape index (κ3) is 58.2. The first kappa shape index (κ1) is 69.3. The molecule has 1 unspecified atom stereocenters. The van der Waals surface area contributed by atoms with E-state index >= 15 is 0 Å². The highest BCUT2D eigenvalue weighted by Crippen LogP contribution is 2.13. The van der Waals surface area contributed by atoms with Crippen LogP contribution in [0.1, 0.15) is 245 Å². The minimum absolute atomic E-state index is 0.0990. The molecule has 0 rings (SSSR count). The van der Waals surface area contributed by atoms with Crippen LogP contribution in [0.15, 0.2) is 146 Å². The first-order chi connectivity index (χ1) is 36.5. The number of carbonyl (C=O) groups is 3. The Kier molecular flexibility index (Phi) is 57.0. The van der Waals surface area contributed by atoms with Crippen molar-refractivity contribution in [2.24, 2.45) is 0 Å². The van der Waals surface area contributed by atoms with E-state index in [1.165, 1.54) is 19.3 Å². The molecule has 0 aliphatic carbocycles. The summed E-state index contributed by atoms with van der Waals surface area (Å²) in [6, 6.07) is 0. The maximum absolute atomic E-state index is 12.8. The largest absolute Gasteiger partial charge is 0.462 e. The molecular weight excluding hydrogens is 913 g/mol. The monoisotopic (exact) mass is 1020 g/mol. The Bertz CT molecular complexity index is 1640. The minimum atomic E-state index is -0.801. The van der Waals surface area contributed by atoms with Crippen LogP contribution < -0.4 is 0 Å². The summed E-state index contributed by atoms with van der Waals surface area (Å²) in [5.41, 5.74) is 0. The van der Waals surface area contributed by atoms with E-state index in [0.717, 1.165) is 186 Å². The van der Waals surface area contributed by atoms with Gasteiger partial charge in [-0.2, -0.15) is 0 Å². The van der Waals surface area contributed by atoms with Crippen LogP contribution in [0.3, 0.4) is 0 Å². The van der Waals surface area contributed by atoms with Gasteiger partial charge in [0.2, 0.25) is 0 Å². The lowest BCUT2D eigenvalue weighted by molar-refractivity contribution is -0.167. The predicted molar refractivity (Wildman–Crippen MR) is 320 cm³/mol. The van der Waals surface area contributed by atoms with Gasteiger partial charge in [0.25, 0.3) is 0 Å². The lowest BCUT2D eigenvalue weighted by Gasteiger charge is -2.18. The molecule has 0 N–H and O–H groups in total. The number of esters is 3. The Balaban J connectivity index is 4.27. The highest BCUT2D eigenvalue weighted by atomic mass is 16.6. The lowest BCUT2D eigenvalue weighted by atomic mass is 10.1. The molecule has 0 heterocycles. The summed E-state index contributed by atoms with van der Waals surface area (Å²) >= 11 is 0. The van der Waals surface area contributed by atoms with E-state index in [1.54, 1.807) is 0 Å². The van der Waals surface area contributed by atoms with Gasteiger partial charge in [0, 0.05) is 19.3 Å². The zero-order valence-corrected chi connectivity index (χ0v) is 47.5. The maximum atomic E-state index is 12.8. The third-order valence-corrected chi connectivity index (χ3v) is 12.0. The fourth-order valence-corrected chi connectivity index (χ4v) is 7.59. The van der Waals surface area contributed by atoms with Gasteiger partial charge in [-0.25, -0.2) is 0 Å². The topological polar surface area (TPSA) is 78.9 Å². The van der Waals surface area contributed by atoms with Gasteiger partial charge >= 0.3 is 17.9 Å². The maximum Gasteiger partial charge on any atom is 0.306 e. The smallest absolute Gasteiger partial charge is 0.306 e. The molecule has 6 nitrogen and oxygen atoms in total. The van der Waals surface area contributed by atoms with Crippen molar-refractivity contribution >= 4 is 17.9 Å². The summed E-state index contributed by atoms with van der Waals surface area (Å²) in [4.78, 5) is 38.0. The van der Waals surface area contributed by atoms with Crippen LogP contribution in [0.4, 0.5) is 0 Å². The Morgan fingerprint density at radius 3 is 0.851 bits per heavy atom. The molecular formula is C68H108O6. The third-order valence-electron chi connectivity index (χ3n) is 12.0. The average Bonchev–Trinajstić information content (AvgIpc) is 3.40. The number of unbranched alkanes of at least 4 members (excludes halogenated alkanes) is 17. The van der Waals surface area contributed by atoms with Crippen LogP contribution in [-0.4, -0.2) is 37.2 Å². The fourth-order valence-electron chi connectivity index (χ4n) is 7.59. The van der Waals surface area contributed by atoms with E-state index in [9.17, 15) is 14.4 Å². The molecule has 0 aromatic rings. The summed E-state index contributed by atoms with van der Waals surface area (Å²) in [6.07, 6.45) is 87.1. The summed E-state index contributed by atoms with van der Waals surface area (Å²) < 4.78 is 16.8. The Morgan fingerprint density at radius 2 is 0.527 bits per heavy atom. The van der Waals surface area contributed by atoms with Gasteiger partial charge < -0.3 is 14.2 Å². The van der Waals surface area contributed by atoms with Gasteiger partial charge in [-0.3, -0.25) is 14.4 Å². The number of hydrogen-bond acceptors (Lipinski definition) is 6. The fraction of sp³-hybridized carbons (Fsp3) is 0.603. The SMILES string of the molecule is CC/C=C\C/C=C\C/C=C\C/C=C\C/C=C\C/C=C\C/C=C\C/C=C\C/C=C\CCCCCCCC(=O)OCC(COC(=O)CCCCCCC/C=C\CCC)OC(=O)CCCCCCC/C=C\C/C=C\CCC. The summed E-state index contributed by atoms with van der Waals surface area (Å²) in [5, 5.41) is 0. The molecule has 0 saturated heterocycles. The van der Waals surface area contributed by atoms with Gasteiger partial charge in [0.15, 0.2) is 6.10 Å². The van der Waals surface area contributed by atoms with Gasteiger partial charge in [0.05, 0.1) is 0 Å². The van der Waals surface area contributed by atoms with E-state index in [-0.39, 0.29) is 31.1 Å². The Morgan fingerprint density at radius 1 is 0.284 bits per heavy atom. The molecule has 0 radical (unpaired) electrons. The molecule has 0 amide bonds. The van der Waals surface area contributed by atoms with Crippen LogP contribution in [0.25, 0.3) is 0 Å². The second-order valence-electron chi connectivity index (χ2n) is 19.2. The van der Waals surface area contributed by atoms with Crippen LogP contribution >= 0.6 is 0 Å². The quantitative estimate of drug-likeness (QED) is 0.0261. The zero-order valence-electron chi connectivity index (χ0n) is 47.5. The van der Waals surface area contributed by atoms with E-state index in [1.807, 2.05) is 0 Å². The number of allylic oxidation sites excluding steroid dienone is 24. The van der Waals surface area contributed by atoms with Crippen LogP contribution in [-0.2, 0) is 28.6 Å². The molecule has 0 aromatic heterocycles. The Labute approximate surface area is 455 Å². The van der Waals surface area contributed by atoms with Crippen molar-refractivity contribution in [2.75, 3.05) is 13.2 Å². The minimum Gasteiger partial charge on any atom is -0.462 e. The van der Waals surface area contributed by atoms with E-state index in [4.69, 9.17) is 14.2 Å². The number of carbonyl (C=O) groups excluding carboxylic acids is 3. The van der Waals surface area contributed by atoms with Crippen molar-refractivity contribution in [3.63, 3.8) is 0 Å². The molecule has 0 aliphatic heterocycles. The second kappa shape index (κ2) is 60.8. The first-order valence-corrected chi connectivity index (χ1v) is 29.8. The normalized spacial score (nSPS) is 13.2. The van der Waals surface area contributed by atoms with E-state index in [0.29, 0.717) is 19.3 Å². The van der Waals surface area contributed by atoms with Crippen molar-refractivity contribution in [1.82, 2.24) is 0 Å². The highest BCUT2D eigenvalue weighted by molar-refractivity contribution is 5.71. The molecule has 0 spiro atoms. The number of rotatable bonds is 52. The molecule has 0 aromatic carbocycles. The molecule has 0 bridgehead atoms. The standard InChI is InChI=1S/C68H108O6/c1-4-7-10-13-16-19-22-24-25-26-27-28-29-30-31-32-33-34-35-36-37-38-39-40-41-42-43-45-46-49-52-55-58-61-67(70)73-64-65(63-72-66(69)60-57-54-51-48-21-18-15-12-9-6-3)74-68(71)62-59-56-53-50-47-44-23-20-17-14-11-8-5-2/h7,10-12,14-16,19-20,23-25,27-28,30-31,33-34,36-37,39-40,42-43,65H,4-6,8-9,13,17-18,21-22,26,29,32,35,38,41,44-64H2,1-3H3/b10-7-,14-11-,15-12-,19-16-,23-20-,25-24-,28-27-,31-30-,34-33-,37-36-,40-39-,43-42-. The average molecular weight is 1020 g/mol. The second-order valence-corrected chi connectivity index (χ2v) is 19.2. The van der Waals surface area contributed by atoms with Crippen molar-refractivity contribution in [1.29, 1.82) is 0 Å². The van der Waals surface area contributed by atoms with Crippen molar-refractivity contribution in [3.8, 4) is 0 Å². The van der Waals surface area contributed by atoms with Crippen LogP contribution in [0, 0.1) is 0 Å². The van der Waals surface area contributed by atoms with Crippen LogP contribution in [0.5, 0.6) is 0 Å². The molecule has 0 saturated carbocycles. The molecule has 0 aliphatic rings. The van der Waals surface area contributed by atoms with Crippen molar-refractivity contribution in [2.45, 2.75) is 252 Å². The number of ether oxygens (including phenoxy) is 3. The molecule has 1 atom stereocenters. The van der Waals surface area contributed by atoms with E-state index < -0.39 is 6.10 Å². The lowest BCUT2D eigenvalue weighted by Crippen LogP contribution is -2.30. The van der Waals surface area contributed by atoms with Crippen molar-refractivity contribution < 1.29 is 28.6 Å². The molecule has 416 valence electrons. The summed E-state index contributed by atoms with van der Waals surface area (Å²) in [7, 11) is 0. The van der Waals surface area contributed by atoms with E-state index in [2.05, 4.69) is 167 Å². The molecule has 6 heteroatoms.